The standard InChI is InChI=1S/C25H30N2/c1-6-10-21-20-12-9-8-11-18(20)14-22(21)25-26-23-15-19(16(3)4)13-17(7-2)24(23)27(25)5/h11-15,21H,3,6-10H2,1-2,4-5H3. The topological polar surface area (TPSA) is 17.8 Å². The minimum Gasteiger partial charge on any atom is -0.327 e. The zero-order chi connectivity index (χ0) is 19.1. The fourth-order valence-electron chi connectivity index (χ4n) is 4.67. The SMILES string of the molecule is C=C(C)c1cc(CC)c2c(c1)nc(C1=CC3=CCCC=C3C1CCC)n2C. The van der Waals surface area contributed by atoms with E-state index in [4.69, 9.17) is 4.98 Å². The lowest BCUT2D eigenvalue weighted by Gasteiger charge is -2.18. The first-order valence-electron chi connectivity index (χ1n) is 10.3. The predicted molar refractivity (Wildman–Crippen MR) is 117 cm³/mol. The second-order valence-corrected chi connectivity index (χ2v) is 7.97. The van der Waals surface area contributed by atoms with Gasteiger partial charge in [-0.15, -0.1) is 0 Å². The zero-order valence-electron chi connectivity index (χ0n) is 17.1. The Bertz CT molecular complexity index is 1010. The van der Waals surface area contributed by atoms with Crippen molar-refractivity contribution in [2.75, 3.05) is 0 Å². The van der Waals surface area contributed by atoms with Gasteiger partial charge in [0.1, 0.15) is 5.82 Å². The second kappa shape index (κ2) is 6.99. The van der Waals surface area contributed by atoms with Gasteiger partial charge in [0.2, 0.25) is 0 Å². The van der Waals surface area contributed by atoms with Gasteiger partial charge in [-0.2, -0.15) is 0 Å². The van der Waals surface area contributed by atoms with E-state index in [0.29, 0.717) is 5.92 Å². The molecule has 140 valence electrons. The molecule has 1 aromatic heterocycles. The summed E-state index contributed by atoms with van der Waals surface area (Å²) in [5.41, 5.74) is 10.4. The average Bonchev–Trinajstić information content (AvgIpc) is 3.19. The number of aromatic nitrogens is 2. The lowest BCUT2D eigenvalue weighted by atomic mass is 9.87. The second-order valence-electron chi connectivity index (χ2n) is 7.97. The van der Waals surface area contributed by atoms with E-state index in [1.165, 1.54) is 52.6 Å². The molecule has 1 atom stereocenters. The highest BCUT2D eigenvalue weighted by atomic mass is 15.1. The maximum absolute atomic E-state index is 5.14. The van der Waals surface area contributed by atoms with E-state index in [0.717, 1.165) is 29.8 Å². The number of allylic oxidation sites excluding steroid dienone is 7. The van der Waals surface area contributed by atoms with Crippen molar-refractivity contribution in [1.29, 1.82) is 0 Å². The average molecular weight is 359 g/mol. The van der Waals surface area contributed by atoms with Crippen molar-refractivity contribution < 1.29 is 0 Å². The summed E-state index contributed by atoms with van der Waals surface area (Å²) in [4.78, 5) is 5.14. The third kappa shape index (κ3) is 2.92. The van der Waals surface area contributed by atoms with Crippen molar-refractivity contribution in [3.05, 3.63) is 65.0 Å². The van der Waals surface area contributed by atoms with E-state index in [1.54, 1.807) is 0 Å². The van der Waals surface area contributed by atoms with Gasteiger partial charge < -0.3 is 4.57 Å². The van der Waals surface area contributed by atoms with Crippen LogP contribution in [0.1, 0.15) is 63.4 Å². The van der Waals surface area contributed by atoms with Crippen molar-refractivity contribution >= 4 is 22.2 Å². The predicted octanol–water partition coefficient (Wildman–Crippen LogP) is 6.63. The summed E-state index contributed by atoms with van der Waals surface area (Å²) >= 11 is 0. The first kappa shape index (κ1) is 18.0. The molecule has 0 saturated carbocycles. The molecule has 2 aromatic rings. The summed E-state index contributed by atoms with van der Waals surface area (Å²) < 4.78 is 2.32. The number of hydrogen-bond donors (Lipinski definition) is 0. The van der Waals surface area contributed by atoms with Gasteiger partial charge in [-0.1, -0.05) is 44.6 Å². The number of fused-ring (bicyclic) bond motifs is 2. The molecule has 1 aromatic carbocycles. The molecule has 2 nitrogen and oxygen atoms in total. The Kier molecular flexibility index (Phi) is 4.67. The van der Waals surface area contributed by atoms with Crippen LogP contribution in [0.3, 0.4) is 0 Å². The van der Waals surface area contributed by atoms with Crippen LogP contribution in [-0.4, -0.2) is 9.55 Å². The first-order valence-corrected chi connectivity index (χ1v) is 10.3. The Morgan fingerprint density at radius 3 is 2.67 bits per heavy atom. The highest BCUT2D eigenvalue weighted by Gasteiger charge is 2.31. The molecule has 0 amide bonds. The van der Waals surface area contributed by atoms with Crippen LogP contribution < -0.4 is 0 Å². The lowest BCUT2D eigenvalue weighted by Crippen LogP contribution is -2.07. The molecule has 2 aliphatic carbocycles. The van der Waals surface area contributed by atoms with Crippen molar-refractivity contribution in [3.8, 4) is 0 Å². The van der Waals surface area contributed by atoms with Crippen LogP contribution >= 0.6 is 0 Å². The van der Waals surface area contributed by atoms with E-state index < -0.39 is 0 Å². The van der Waals surface area contributed by atoms with Gasteiger partial charge in [0, 0.05) is 18.5 Å². The molecule has 1 unspecified atom stereocenters. The molecule has 0 radical (unpaired) electrons. The van der Waals surface area contributed by atoms with Crippen LogP contribution in [0.4, 0.5) is 0 Å². The van der Waals surface area contributed by atoms with Gasteiger partial charge in [0.25, 0.3) is 0 Å². The number of rotatable bonds is 5. The van der Waals surface area contributed by atoms with Gasteiger partial charge in [0.05, 0.1) is 11.0 Å². The minimum absolute atomic E-state index is 0.489. The number of benzene rings is 1. The molecule has 27 heavy (non-hydrogen) atoms. The van der Waals surface area contributed by atoms with Crippen molar-refractivity contribution in [1.82, 2.24) is 9.55 Å². The molecule has 1 heterocycles. The summed E-state index contributed by atoms with van der Waals surface area (Å²) in [6, 6.07) is 4.49. The molecule has 2 heteroatoms. The molecule has 0 spiro atoms. The summed E-state index contributed by atoms with van der Waals surface area (Å²) in [6.07, 6.45) is 13.0. The van der Waals surface area contributed by atoms with Crippen LogP contribution in [0.2, 0.25) is 0 Å². The van der Waals surface area contributed by atoms with Crippen molar-refractivity contribution in [2.24, 2.45) is 13.0 Å². The Hall–Kier alpha value is -2.35. The van der Waals surface area contributed by atoms with Gasteiger partial charge >= 0.3 is 0 Å². The maximum Gasteiger partial charge on any atom is 0.137 e. The van der Waals surface area contributed by atoms with E-state index in [9.17, 15) is 0 Å². The number of aryl methyl sites for hydroxylation is 2. The summed E-state index contributed by atoms with van der Waals surface area (Å²) in [5.74, 6) is 1.62. The van der Waals surface area contributed by atoms with Crippen LogP contribution in [0.15, 0.2) is 48.1 Å². The van der Waals surface area contributed by atoms with Gasteiger partial charge in [-0.05, 0) is 73.1 Å². The normalized spacial score (nSPS) is 19.0. The van der Waals surface area contributed by atoms with Crippen LogP contribution in [0.25, 0.3) is 22.2 Å². The highest BCUT2D eigenvalue weighted by molar-refractivity contribution is 5.88. The summed E-state index contributed by atoms with van der Waals surface area (Å²) in [7, 11) is 2.18. The van der Waals surface area contributed by atoms with E-state index in [-0.39, 0.29) is 0 Å². The smallest absolute Gasteiger partial charge is 0.137 e. The van der Waals surface area contributed by atoms with Crippen LogP contribution in [0.5, 0.6) is 0 Å². The molecule has 0 N–H and O–H groups in total. The summed E-state index contributed by atoms with van der Waals surface area (Å²) in [5, 5.41) is 0. The number of imidazole rings is 1. The molecule has 0 saturated heterocycles. The van der Waals surface area contributed by atoms with E-state index >= 15 is 0 Å². The Morgan fingerprint density at radius 1 is 1.19 bits per heavy atom. The molecule has 2 aliphatic rings. The molecule has 4 rings (SSSR count). The monoisotopic (exact) mass is 358 g/mol. The number of nitrogens with zero attached hydrogens (tertiary/aromatic N) is 2. The third-order valence-corrected chi connectivity index (χ3v) is 6.05. The van der Waals surface area contributed by atoms with Crippen molar-refractivity contribution in [3.63, 3.8) is 0 Å². The van der Waals surface area contributed by atoms with E-state index in [2.05, 4.69) is 69.3 Å². The van der Waals surface area contributed by atoms with Crippen LogP contribution in [-0.2, 0) is 13.5 Å². The van der Waals surface area contributed by atoms with Gasteiger partial charge in [0.15, 0.2) is 0 Å². The fourth-order valence-corrected chi connectivity index (χ4v) is 4.67. The third-order valence-electron chi connectivity index (χ3n) is 6.05. The van der Waals surface area contributed by atoms with Gasteiger partial charge in [-0.3, -0.25) is 0 Å². The molecule has 0 fully saturated rings. The molecule has 0 bridgehead atoms. The largest absolute Gasteiger partial charge is 0.327 e. The maximum atomic E-state index is 5.14. The summed E-state index contributed by atoms with van der Waals surface area (Å²) in [6.45, 7) is 10.7. The van der Waals surface area contributed by atoms with Crippen LogP contribution in [0, 0.1) is 5.92 Å². The Balaban J connectivity index is 1.91. The Morgan fingerprint density at radius 2 is 1.96 bits per heavy atom. The zero-order valence-corrected chi connectivity index (χ0v) is 17.1. The molecule has 0 aliphatic heterocycles. The van der Waals surface area contributed by atoms with Crippen molar-refractivity contribution in [2.45, 2.75) is 52.9 Å². The fraction of sp³-hybridized carbons (Fsp3) is 0.400. The minimum atomic E-state index is 0.489. The number of hydrogen-bond acceptors (Lipinski definition) is 1. The first-order chi connectivity index (χ1) is 13.0. The lowest BCUT2D eigenvalue weighted by molar-refractivity contribution is 0.676. The highest BCUT2D eigenvalue weighted by Crippen LogP contribution is 2.45. The quantitative estimate of drug-likeness (QED) is 0.586. The molecular weight excluding hydrogens is 328 g/mol. The van der Waals surface area contributed by atoms with Gasteiger partial charge in [-0.25, -0.2) is 4.98 Å². The Labute approximate surface area is 163 Å². The molecular formula is C25H30N2. The van der Waals surface area contributed by atoms with E-state index in [1.807, 2.05) is 0 Å².